The first-order valence-corrected chi connectivity index (χ1v) is 11.1. The van der Waals surface area contributed by atoms with Crippen LogP contribution in [0.1, 0.15) is 25.0 Å². The zero-order valence-electron chi connectivity index (χ0n) is 17.3. The van der Waals surface area contributed by atoms with E-state index >= 15 is 0 Å². The first kappa shape index (κ1) is 22.2. The minimum absolute atomic E-state index is 0.0548. The summed E-state index contributed by atoms with van der Waals surface area (Å²) in [5.74, 6) is -0.234. The summed E-state index contributed by atoms with van der Waals surface area (Å²) in [4.78, 5) is 12.1. The predicted octanol–water partition coefficient (Wildman–Crippen LogP) is 1.82. The molecule has 0 aliphatic carbocycles. The smallest absolute Gasteiger partial charge is 0.263 e. The summed E-state index contributed by atoms with van der Waals surface area (Å²) in [5.41, 5.74) is 3.21. The molecule has 0 bridgehead atoms. The highest BCUT2D eigenvalue weighted by molar-refractivity contribution is 7.89. The Labute approximate surface area is 176 Å². The number of benzene rings is 2. The van der Waals surface area contributed by atoms with Gasteiger partial charge in [-0.15, -0.1) is 0 Å². The van der Waals surface area contributed by atoms with Crippen LogP contribution in [0, 0.1) is 6.92 Å². The highest BCUT2D eigenvalue weighted by atomic mass is 32.2. The van der Waals surface area contributed by atoms with Gasteiger partial charge in [0.1, 0.15) is 18.4 Å². The summed E-state index contributed by atoms with van der Waals surface area (Å²) in [5, 5.41) is 12.1. The van der Waals surface area contributed by atoms with Crippen molar-refractivity contribution in [1.29, 1.82) is 0 Å². The topological polar surface area (TPSA) is 108 Å². The van der Waals surface area contributed by atoms with Gasteiger partial charge < -0.3 is 10.1 Å². The Morgan fingerprint density at radius 2 is 1.90 bits per heavy atom. The number of rotatable bonds is 6. The third-order valence-electron chi connectivity index (χ3n) is 5.17. The fraction of sp³-hybridized carbons (Fsp3) is 0.381. The van der Waals surface area contributed by atoms with Crippen LogP contribution in [-0.2, 0) is 21.4 Å². The number of amides is 1. The van der Waals surface area contributed by atoms with Gasteiger partial charge in [-0.2, -0.15) is 4.31 Å². The van der Waals surface area contributed by atoms with Crippen LogP contribution in [0.5, 0.6) is 5.75 Å². The molecule has 0 saturated carbocycles. The van der Waals surface area contributed by atoms with E-state index in [2.05, 4.69) is 5.32 Å². The molecule has 3 rings (SSSR count). The van der Waals surface area contributed by atoms with Crippen molar-refractivity contribution in [1.82, 2.24) is 15.1 Å². The van der Waals surface area contributed by atoms with Crippen molar-refractivity contribution in [2.24, 2.45) is 0 Å². The van der Waals surface area contributed by atoms with Crippen molar-refractivity contribution in [3.05, 3.63) is 59.7 Å². The summed E-state index contributed by atoms with van der Waals surface area (Å²) in [7, 11) is -3.96. The first-order chi connectivity index (χ1) is 14.1. The molecule has 1 unspecified atom stereocenters. The van der Waals surface area contributed by atoms with Crippen molar-refractivity contribution in [2.45, 2.75) is 43.9 Å². The van der Waals surface area contributed by atoms with Gasteiger partial charge in [0.25, 0.3) is 5.91 Å². The molecule has 1 aliphatic heterocycles. The van der Waals surface area contributed by atoms with Gasteiger partial charge in [-0.25, -0.2) is 13.9 Å². The first-order valence-electron chi connectivity index (χ1n) is 9.62. The molecule has 1 heterocycles. The van der Waals surface area contributed by atoms with Gasteiger partial charge in [-0.3, -0.25) is 10.0 Å². The Morgan fingerprint density at radius 1 is 1.23 bits per heavy atom. The molecule has 1 atom stereocenters. The molecular weight excluding hydrogens is 406 g/mol. The summed E-state index contributed by atoms with van der Waals surface area (Å²) in [6, 6.07) is 12.9. The standard InChI is InChI=1S/C21H27N3O5S/c1-15-6-4-5-7-16(15)13-29-17-8-10-18(11-9-17)30(27,28)24-14-21(2,3)22-12-19(24)20(25)23-26/h4-11,19,22,26H,12-14H2,1-3H3,(H,23,25). The van der Waals surface area contributed by atoms with Crippen molar-refractivity contribution in [3.63, 3.8) is 0 Å². The van der Waals surface area contributed by atoms with Gasteiger partial charge in [0.15, 0.2) is 0 Å². The summed E-state index contributed by atoms with van der Waals surface area (Å²) >= 11 is 0. The fourth-order valence-corrected chi connectivity index (χ4v) is 5.11. The monoisotopic (exact) mass is 433 g/mol. The summed E-state index contributed by atoms with van der Waals surface area (Å²) < 4.78 is 33.4. The van der Waals surface area contributed by atoms with Crippen LogP contribution >= 0.6 is 0 Å². The lowest BCUT2D eigenvalue weighted by molar-refractivity contribution is -0.134. The molecular formula is C21H27N3O5S. The zero-order chi connectivity index (χ0) is 21.9. The van der Waals surface area contributed by atoms with E-state index in [9.17, 15) is 13.2 Å². The lowest BCUT2D eigenvalue weighted by Gasteiger charge is -2.42. The highest BCUT2D eigenvalue weighted by Crippen LogP contribution is 2.26. The van der Waals surface area contributed by atoms with Crippen molar-refractivity contribution in [3.8, 4) is 5.75 Å². The van der Waals surface area contributed by atoms with Gasteiger partial charge in [0.2, 0.25) is 10.0 Å². The van der Waals surface area contributed by atoms with Crippen LogP contribution in [0.25, 0.3) is 0 Å². The number of ether oxygens (including phenoxy) is 1. The molecule has 2 aromatic rings. The van der Waals surface area contributed by atoms with Crippen LogP contribution < -0.4 is 15.5 Å². The molecule has 30 heavy (non-hydrogen) atoms. The minimum atomic E-state index is -3.96. The Balaban J connectivity index is 1.79. The number of hydroxylamine groups is 1. The fourth-order valence-electron chi connectivity index (χ4n) is 3.36. The maximum Gasteiger partial charge on any atom is 0.263 e. The van der Waals surface area contributed by atoms with E-state index in [4.69, 9.17) is 9.94 Å². The maximum absolute atomic E-state index is 13.2. The van der Waals surface area contributed by atoms with Crippen LogP contribution in [0.3, 0.4) is 0 Å². The average Bonchev–Trinajstić information content (AvgIpc) is 2.72. The third kappa shape index (κ3) is 4.81. The highest BCUT2D eigenvalue weighted by Gasteiger charge is 2.43. The molecule has 8 nitrogen and oxygen atoms in total. The number of sulfonamides is 1. The molecule has 0 spiro atoms. The Morgan fingerprint density at radius 3 is 2.53 bits per heavy atom. The normalized spacial score (nSPS) is 19.3. The van der Waals surface area contributed by atoms with Gasteiger partial charge in [0, 0.05) is 18.6 Å². The van der Waals surface area contributed by atoms with Gasteiger partial charge in [-0.05, 0) is 56.2 Å². The number of hydrogen-bond acceptors (Lipinski definition) is 6. The van der Waals surface area contributed by atoms with E-state index in [0.29, 0.717) is 12.4 Å². The molecule has 1 saturated heterocycles. The third-order valence-corrected chi connectivity index (χ3v) is 7.04. The second-order valence-electron chi connectivity index (χ2n) is 7.99. The number of hydrogen-bond donors (Lipinski definition) is 3. The number of carbonyl (C=O) groups excluding carboxylic acids is 1. The average molecular weight is 434 g/mol. The molecule has 0 radical (unpaired) electrons. The molecule has 2 aromatic carbocycles. The number of nitrogens with one attached hydrogen (secondary N) is 2. The zero-order valence-corrected chi connectivity index (χ0v) is 18.1. The maximum atomic E-state index is 13.2. The summed E-state index contributed by atoms with van der Waals surface area (Å²) in [6.45, 7) is 6.26. The van der Waals surface area contributed by atoms with Crippen LogP contribution in [-0.4, -0.2) is 48.5 Å². The van der Waals surface area contributed by atoms with Crippen molar-refractivity contribution >= 4 is 15.9 Å². The lowest BCUT2D eigenvalue weighted by Crippen LogP contribution is -2.66. The van der Waals surface area contributed by atoms with E-state index in [0.717, 1.165) is 15.4 Å². The molecule has 1 aliphatic rings. The summed E-state index contributed by atoms with van der Waals surface area (Å²) in [6.07, 6.45) is 0. The van der Waals surface area contributed by atoms with Crippen LogP contribution in [0.4, 0.5) is 0 Å². The Hall–Kier alpha value is -2.46. The van der Waals surface area contributed by atoms with E-state index in [1.165, 1.54) is 12.1 Å². The van der Waals surface area contributed by atoms with E-state index in [-0.39, 0.29) is 18.0 Å². The van der Waals surface area contributed by atoms with E-state index < -0.39 is 27.5 Å². The van der Waals surface area contributed by atoms with Crippen LogP contribution in [0.15, 0.2) is 53.4 Å². The molecule has 3 N–H and O–H groups in total. The van der Waals surface area contributed by atoms with Gasteiger partial charge >= 0.3 is 0 Å². The lowest BCUT2D eigenvalue weighted by atomic mass is 10.0. The van der Waals surface area contributed by atoms with E-state index in [1.54, 1.807) is 17.6 Å². The second-order valence-corrected chi connectivity index (χ2v) is 9.88. The number of carbonyl (C=O) groups is 1. The van der Waals surface area contributed by atoms with Gasteiger partial charge in [-0.1, -0.05) is 24.3 Å². The SMILES string of the molecule is Cc1ccccc1COc1ccc(S(=O)(=O)N2CC(C)(C)NCC2C(=O)NO)cc1. The number of nitrogens with zero attached hydrogens (tertiary/aromatic N) is 1. The molecule has 162 valence electrons. The van der Waals surface area contributed by atoms with Crippen molar-refractivity contribution < 1.29 is 23.2 Å². The molecule has 1 amide bonds. The second kappa shape index (κ2) is 8.73. The molecule has 1 fully saturated rings. The Bertz CT molecular complexity index is 1010. The van der Waals surface area contributed by atoms with Crippen molar-refractivity contribution in [2.75, 3.05) is 13.1 Å². The molecule has 9 heteroatoms. The number of piperazine rings is 1. The van der Waals surface area contributed by atoms with Crippen LogP contribution in [0.2, 0.25) is 0 Å². The molecule has 0 aromatic heterocycles. The minimum Gasteiger partial charge on any atom is -0.489 e. The van der Waals surface area contributed by atoms with E-state index in [1.807, 2.05) is 45.0 Å². The Kier molecular flexibility index (Phi) is 6.47. The number of aryl methyl sites for hydroxylation is 1. The quantitative estimate of drug-likeness (QED) is 0.474. The van der Waals surface area contributed by atoms with Gasteiger partial charge in [0.05, 0.1) is 4.90 Å². The predicted molar refractivity (Wildman–Crippen MR) is 112 cm³/mol. The largest absolute Gasteiger partial charge is 0.489 e.